The van der Waals surface area contributed by atoms with Gasteiger partial charge in [0.05, 0.1) is 6.61 Å². The third kappa shape index (κ3) is 56.1. The summed E-state index contributed by atoms with van der Waals surface area (Å²) in [6, 6.07) is 0. The van der Waals surface area contributed by atoms with Crippen molar-refractivity contribution in [2.75, 3.05) is 19.8 Å². The van der Waals surface area contributed by atoms with E-state index >= 15 is 0 Å². The first-order valence-electron chi connectivity index (χ1n) is 28.0. The number of unbranched alkanes of at least 4 members (excludes halogenated alkanes) is 12. The molecule has 0 rings (SSSR count). The fraction of sp³-hybridized carbons (Fsp3) is 0.569. The largest absolute Gasteiger partial charge is 0.462 e. The van der Waals surface area contributed by atoms with Gasteiger partial charge in [0.25, 0.3) is 0 Å². The molecule has 0 fully saturated rings. The number of hydrogen-bond donors (Lipinski definition) is 0. The number of carbonyl (C=O) groups excluding carboxylic acids is 2. The SMILES string of the molecule is CC/C=C\C/C=C\C/C=C\C/C=C\C/C=C\CCCCCC(=O)OCC(COCCCC/C=C\C/C=C\C/C=C\C/C=C\C/C=C\CC)OC(=O)CCCCCCCCC/C=C\C/C=C\C/C=C\CC. The van der Waals surface area contributed by atoms with Crippen molar-refractivity contribution in [3.05, 3.63) is 158 Å². The maximum atomic E-state index is 12.9. The van der Waals surface area contributed by atoms with Gasteiger partial charge in [-0.1, -0.05) is 217 Å². The first kappa shape index (κ1) is 65.5. The fourth-order valence-electron chi connectivity index (χ4n) is 6.99. The molecule has 0 aliphatic heterocycles. The van der Waals surface area contributed by atoms with Crippen molar-refractivity contribution in [2.45, 2.75) is 219 Å². The predicted octanol–water partition coefficient (Wildman–Crippen LogP) is 19.5. The Hall–Kier alpha value is -4.48. The second-order valence-corrected chi connectivity index (χ2v) is 17.7. The topological polar surface area (TPSA) is 61.8 Å². The maximum absolute atomic E-state index is 12.9. The lowest BCUT2D eigenvalue weighted by Gasteiger charge is -2.18. The zero-order valence-electron chi connectivity index (χ0n) is 45.0. The minimum Gasteiger partial charge on any atom is -0.462 e. The summed E-state index contributed by atoms with van der Waals surface area (Å²) >= 11 is 0. The minimum absolute atomic E-state index is 0.0349. The smallest absolute Gasteiger partial charge is 0.306 e. The van der Waals surface area contributed by atoms with Crippen LogP contribution in [0.5, 0.6) is 0 Å². The van der Waals surface area contributed by atoms with Gasteiger partial charge in [0.15, 0.2) is 6.10 Å². The summed E-state index contributed by atoms with van der Waals surface area (Å²) in [4.78, 5) is 25.5. The third-order valence-electron chi connectivity index (χ3n) is 11.0. The molecule has 70 heavy (non-hydrogen) atoms. The first-order chi connectivity index (χ1) is 34.6. The molecule has 0 saturated carbocycles. The number of rotatable bonds is 49. The molecule has 0 aliphatic rings. The summed E-state index contributed by atoms with van der Waals surface area (Å²) in [7, 11) is 0. The molecule has 0 aromatic heterocycles. The van der Waals surface area contributed by atoms with Crippen LogP contribution < -0.4 is 0 Å². The Bertz CT molecular complexity index is 1560. The molecule has 0 spiro atoms. The van der Waals surface area contributed by atoms with Gasteiger partial charge in [-0.3, -0.25) is 9.59 Å². The first-order valence-corrected chi connectivity index (χ1v) is 28.0. The van der Waals surface area contributed by atoms with Crippen molar-refractivity contribution in [1.29, 1.82) is 0 Å². The Balaban J connectivity index is 4.48. The van der Waals surface area contributed by atoms with Crippen molar-refractivity contribution in [2.24, 2.45) is 0 Å². The van der Waals surface area contributed by atoms with Gasteiger partial charge >= 0.3 is 11.9 Å². The quantitative estimate of drug-likeness (QED) is 0.0345. The third-order valence-corrected chi connectivity index (χ3v) is 11.0. The average Bonchev–Trinajstić information content (AvgIpc) is 3.36. The van der Waals surface area contributed by atoms with Gasteiger partial charge in [-0.25, -0.2) is 0 Å². The highest BCUT2D eigenvalue weighted by Crippen LogP contribution is 2.12. The molecule has 0 heterocycles. The average molecular weight is 964 g/mol. The lowest BCUT2D eigenvalue weighted by molar-refractivity contribution is -0.163. The van der Waals surface area contributed by atoms with Gasteiger partial charge in [-0.05, 0) is 141 Å². The minimum atomic E-state index is -0.592. The van der Waals surface area contributed by atoms with E-state index < -0.39 is 6.10 Å². The normalized spacial score (nSPS) is 13.5. The van der Waals surface area contributed by atoms with E-state index in [9.17, 15) is 9.59 Å². The van der Waals surface area contributed by atoms with E-state index in [0.717, 1.165) is 154 Å². The fourth-order valence-corrected chi connectivity index (χ4v) is 6.99. The van der Waals surface area contributed by atoms with Crippen LogP contribution >= 0.6 is 0 Å². The van der Waals surface area contributed by atoms with Gasteiger partial charge < -0.3 is 14.2 Å². The molecule has 0 aromatic carbocycles. The van der Waals surface area contributed by atoms with Crippen LogP contribution in [0, 0.1) is 0 Å². The summed E-state index contributed by atoms with van der Waals surface area (Å²) in [5.41, 5.74) is 0. The van der Waals surface area contributed by atoms with Gasteiger partial charge in [0, 0.05) is 19.4 Å². The summed E-state index contributed by atoms with van der Waals surface area (Å²) < 4.78 is 17.4. The predicted molar refractivity (Wildman–Crippen MR) is 306 cm³/mol. The second-order valence-electron chi connectivity index (χ2n) is 17.7. The molecule has 0 amide bonds. The Morgan fingerprint density at radius 3 is 0.971 bits per heavy atom. The molecular weight excluding hydrogens is 861 g/mol. The summed E-state index contributed by atoms with van der Waals surface area (Å²) in [5, 5.41) is 0. The van der Waals surface area contributed by atoms with Crippen LogP contribution in [0.3, 0.4) is 0 Å². The number of esters is 2. The van der Waals surface area contributed by atoms with Gasteiger partial charge in [-0.2, -0.15) is 0 Å². The monoisotopic (exact) mass is 963 g/mol. The van der Waals surface area contributed by atoms with E-state index in [1.807, 2.05) is 0 Å². The van der Waals surface area contributed by atoms with Gasteiger partial charge in [0.1, 0.15) is 6.61 Å². The molecule has 5 heteroatoms. The number of hydrogen-bond acceptors (Lipinski definition) is 5. The highest BCUT2D eigenvalue weighted by Gasteiger charge is 2.17. The highest BCUT2D eigenvalue weighted by molar-refractivity contribution is 5.70. The molecule has 1 unspecified atom stereocenters. The van der Waals surface area contributed by atoms with Crippen molar-refractivity contribution in [1.82, 2.24) is 0 Å². The van der Waals surface area contributed by atoms with Crippen LogP contribution in [0.2, 0.25) is 0 Å². The van der Waals surface area contributed by atoms with E-state index in [4.69, 9.17) is 14.2 Å². The van der Waals surface area contributed by atoms with Gasteiger partial charge in [0.2, 0.25) is 0 Å². The van der Waals surface area contributed by atoms with E-state index in [1.54, 1.807) is 0 Å². The Morgan fingerprint density at radius 1 is 0.314 bits per heavy atom. The van der Waals surface area contributed by atoms with Gasteiger partial charge in [-0.15, -0.1) is 0 Å². The summed E-state index contributed by atoms with van der Waals surface area (Å²) in [5.74, 6) is -0.482. The molecule has 5 nitrogen and oxygen atoms in total. The molecule has 1 atom stereocenters. The van der Waals surface area contributed by atoms with E-state index in [-0.39, 0.29) is 25.2 Å². The van der Waals surface area contributed by atoms with Crippen LogP contribution in [0.4, 0.5) is 0 Å². The lowest BCUT2D eigenvalue weighted by Crippen LogP contribution is -2.30. The maximum Gasteiger partial charge on any atom is 0.306 e. The molecule has 0 saturated heterocycles. The van der Waals surface area contributed by atoms with Crippen molar-refractivity contribution in [3.8, 4) is 0 Å². The molecular formula is C65H102O5. The number of allylic oxidation sites excluding steroid dienone is 26. The molecule has 0 N–H and O–H groups in total. The van der Waals surface area contributed by atoms with Crippen molar-refractivity contribution >= 4 is 11.9 Å². The van der Waals surface area contributed by atoms with Crippen LogP contribution in [0.25, 0.3) is 0 Å². The molecule has 0 aliphatic carbocycles. The van der Waals surface area contributed by atoms with Crippen molar-refractivity contribution < 1.29 is 23.8 Å². The molecule has 0 aromatic rings. The summed E-state index contributed by atoms with van der Waals surface area (Å²) in [6.45, 7) is 7.32. The van der Waals surface area contributed by atoms with Crippen LogP contribution in [0.1, 0.15) is 213 Å². The summed E-state index contributed by atoms with van der Waals surface area (Å²) in [6.07, 6.45) is 86.9. The standard InChI is InChI=1S/C65H102O5/c1-4-7-10-13-16-19-22-25-28-31-33-35-37-40-43-46-49-52-55-58-64(66)69-62-63(61-68-60-57-54-51-48-45-42-39-36-32-29-26-23-20-17-14-11-8-5-2)70-65(67)59-56-53-50-47-44-41-38-34-30-27-24-21-18-15-12-9-6-3/h7-12,16-21,25-30,33,35-36,39-40,43,45,48,63H,4-6,13-15,22-24,31-32,34,37-38,41-42,44,46-47,49-62H2,1-3H3/b10-7-,11-8-,12-9-,19-16-,20-17-,21-18-,28-25-,29-26-,30-27-,35-33-,39-36-,43-40-,48-45-. The van der Waals surface area contributed by atoms with Crippen molar-refractivity contribution in [3.63, 3.8) is 0 Å². The zero-order valence-corrected chi connectivity index (χ0v) is 45.0. The number of carbonyl (C=O) groups is 2. The van der Waals surface area contributed by atoms with E-state index in [0.29, 0.717) is 19.4 Å². The molecule has 0 bridgehead atoms. The van der Waals surface area contributed by atoms with Crippen LogP contribution in [0.15, 0.2) is 158 Å². The Labute approximate surface area is 431 Å². The number of ether oxygens (including phenoxy) is 3. The Morgan fingerprint density at radius 2 is 0.600 bits per heavy atom. The van der Waals surface area contributed by atoms with Crippen LogP contribution in [-0.4, -0.2) is 37.9 Å². The highest BCUT2D eigenvalue weighted by atomic mass is 16.6. The Kier molecular flexibility index (Phi) is 55.1. The second kappa shape index (κ2) is 58.8. The van der Waals surface area contributed by atoms with Crippen LogP contribution in [-0.2, 0) is 23.8 Å². The molecule has 0 radical (unpaired) electrons. The lowest BCUT2D eigenvalue weighted by atomic mass is 10.1. The zero-order chi connectivity index (χ0) is 50.6. The molecule has 392 valence electrons. The van der Waals surface area contributed by atoms with E-state index in [1.165, 1.54) is 25.7 Å². The van der Waals surface area contributed by atoms with E-state index in [2.05, 4.69) is 179 Å².